The lowest BCUT2D eigenvalue weighted by molar-refractivity contribution is 0.295. The second kappa shape index (κ2) is 4.53. The number of fused-ring (bicyclic) bond motifs is 1. The van der Waals surface area contributed by atoms with Crippen LogP contribution in [0.1, 0.15) is 17.5 Å². The zero-order valence-electron chi connectivity index (χ0n) is 8.95. The molecule has 0 bridgehead atoms. The maximum Gasteiger partial charge on any atom is 0.164 e. The molecule has 1 aromatic rings. The lowest BCUT2D eigenvalue weighted by atomic mass is 10.0. The van der Waals surface area contributed by atoms with E-state index in [4.69, 9.17) is 14.6 Å². The highest BCUT2D eigenvalue weighted by Crippen LogP contribution is 2.34. The van der Waals surface area contributed by atoms with Crippen LogP contribution in [0.4, 0.5) is 0 Å². The molecule has 15 heavy (non-hydrogen) atoms. The summed E-state index contributed by atoms with van der Waals surface area (Å²) in [5.74, 6) is 1.67. The third-order valence-electron chi connectivity index (χ3n) is 2.66. The highest BCUT2D eigenvalue weighted by Gasteiger charge is 2.14. The van der Waals surface area contributed by atoms with Gasteiger partial charge in [-0.15, -0.1) is 0 Å². The summed E-state index contributed by atoms with van der Waals surface area (Å²) < 4.78 is 11.2. The van der Waals surface area contributed by atoms with Gasteiger partial charge in [0.1, 0.15) is 0 Å². The zero-order valence-corrected chi connectivity index (χ0v) is 8.95. The molecule has 1 aliphatic rings. The average molecular weight is 208 g/mol. The topological polar surface area (TPSA) is 38.7 Å². The van der Waals surface area contributed by atoms with Crippen LogP contribution in [0.25, 0.3) is 0 Å². The van der Waals surface area contributed by atoms with E-state index in [1.54, 1.807) is 0 Å². The van der Waals surface area contributed by atoms with Crippen molar-refractivity contribution in [2.75, 3.05) is 19.8 Å². The predicted molar refractivity (Wildman–Crippen MR) is 57.6 cm³/mol. The van der Waals surface area contributed by atoms with Gasteiger partial charge >= 0.3 is 0 Å². The van der Waals surface area contributed by atoms with Gasteiger partial charge in [0.05, 0.1) is 13.2 Å². The molecule has 0 atom stereocenters. The zero-order chi connectivity index (χ0) is 10.7. The summed E-state index contributed by atoms with van der Waals surface area (Å²) in [4.78, 5) is 0. The van der Waals surface area contributed by atoms with Gasteiger partial charge in [-0.3, -0.25) is 0 Å². The number of rotatable bonds is 2. The average Bonchev–Trinajstić information content (AvgIpc) is 2.48. The van der Waals surface area contributed by atoms with E-state index in [1.807, 2.05) is 19.1 Å². The summed E-state index contributed by atoms with van der Waals surface area (Å²) >= 11 is 0. The van der Waals surface area contributed by atoms with Gasteiger partial charge in [-0.1, -0.05) is 6.07 Å². The number of ether oxygens (including phenoxy) is 2. The number of hydrogen-bond donors (Lipinski definition) is 1. The van der Waals surface area contributed by atoms with Gasteiger partial charge in [-0.25, -0.2) is 0 Å². The summed E-state index contributed by atoms with van der Waals surface area (Å²) in [5.41, 5.74) is 2.21. The highest BCUT2D eigenvalue weighted by molar-refractivity contribution is 5.50. The molecule has 0 radical (unpaired) electrons. The molecule has 3 heteroatoms. The Morgan fingerprint density at radius 1 is 1.27 bits per heavy atom. The van der Waals surface area contributed by atoms with Crippen molar-refractivity contribution >= 4 is 0 Å². The number of hydrogen-bond acceptors (Lipinski definition) is 3. The fraction of sp³-hybridized carbons (Fsp3) is 0.500. The van der Waals surface area contributed by atoms with Crippen LogP contribution < -0.4 is 9.47 Å². The Labute approximate surface area is 89.6 Å². The van der Waals surface area contributed by atoms with E-state index >= 15 is 0 Å². The predicted octanol–water partition coefficient (Wildman–Crippen LogP) is 1.69. The molecule has 0 aromatic heterocycles. The number of benzene rings is 1. The first-order valence-corrected chi connectivity index (χ1v) is 5.32. The summed E-state index contributed by atoms with van der Waals surface area (Å²) in [5, 5.41) is 8.93. The van der Waals surface area contributed by atoms with Crippen LogP contribution in [0.3, 0.4) is 0 Å². The lowest BCUT2D eigenvalue weighted by Gasteiger charge is -2.13. The van der Waals surface area contributed by atoms with Crippen molar-refractivity contribution in [1.82, 2.24) is 0 Å². The Hall–Kier alpha value is -1.22. The molecule has 0 fully saturated rings. The van der Waals surface area contributed by atoms with Gasteiger partial charge < -0.3 is 14.6 Å². The molecule has 0 saturated heterocycles. The van der Waals surface area contributed by atoms with Crippen LogP contribution in [-0.4, -0.2) is 24.9 Å². The molecule has 0 spiro atoms. The minimum absolute atomic E-state index is 0.167. The van der Waals surface area contributed by atoms with Crippen LogP contribution in [-0.2, 0) is 6.42 Å². The van der Waals surface area contributed by atoms with Crippen molar-refractivity contribution in [3.8, 4) is 11.5 Å². The molecule has 0 saturated carbocycles. The first kappa shape index (κ1) is 10.3. The van der Waals surface area contributed by atoms with E-state index in [-0.39, 0.29) is 6.61 Å². The standard InChI is InChI=1S/C12H16O3/c1-9-10(5-6-13)3-4-11-12(9)15-8-2-7-14-11/h3-4,13H,2,5-8H2,1H3. The molecule has 1 heterocycles. The molecule has 1 aliphatic heterocycles. The van der Waals surface area contributed by atoms with Crippen molar-refractivity contribution in [3.05, 3.63) is 23.3 Å². The smallest absolute Gasteiger partial charge is 0.164 e. The van der Waals surface area contributed by atoms with Crippen LogP contribution >= 0.6 is 0 Å². The van der Waals surface area contributed by atoms with E-state index in [1.165, 1.54) is 0 Å². The van der Waals surface area contributed by atoms with Gasteiger partial charge in [-0.05, 0) is 30.5 Å². The molecule has 0 unspecified atom stereocenters. The lowest BCUT2D eigenvalue weighted by Crippen LogP contribution is -2.00. The van der Waals surface area contributed by atoms with E-state index in [9.17, 15) is 0 Å². The van der Waals surface area contributed by atoms with Gasteiger partial charge in [0.15, 0.2) is 11.5 Å². The molecule has 0 amide bonds. The Balaban J connectivity index is 2.36. The molecular weight excluding hydrogens is 192 g/mol. The Kier molecular flexibility index (Phi) is 3.11. The van der Waals surface area contributed by atoms with E-state index in [2.05, 4.69) is 0 Å². The van der Waals surface area contributed by atoms with Crippen LogP contribution in [0, 0.1) is 6.92 Å². The second-order valence-electron chi connectivity index (χ2n) is 3.70. The summed E-state index contributed by atoms with van der Waals surface area (Å²) in [6.45, 7) is 3.60. The van der Waals surface area contributed by atoms with Crippen molar-refractivity contribution < 1.29 is 14.6 Å². The van der Waals surface area contributed by atoms with Gasteiger partial charge in [0.25, 0.3) is 0 Å². The maximum absolute atomic E-state index is 8.93. The molecule has 0 aliphatic carbocycles. The molecule has 1 N–H and O–H groups in total. The largest absolute Gasteiger partial charge is 0.490 e. The van der Waals surface area contributed by atoms with Crippen LogP contribution in [0.2, 0.25) is 0 Å². The van der Waals surface area contributed by atoms with Crippen LogP contribution in [0.5, 0.6) is 11.5 Å². The number of aliphatic hydroxyl groups is 1. The van der Waals surface area contributed by atoms with Crippen molar-refractivity contribution in [1.29, 1.82) is 0 Å². The van der Waals surface area contributed by atoms with E-state index in [0.29, 0.717) is 19.6 Å². The Morgan fingerprint density at radius 2 is 2.07 bits per heavy atom. The minimum Gasteiger partial charge on any atom is -0.490 e. The van der Waals surface area contributed by atoms with Gasteiger partial charge in [0, 0.05) is 13.0 Å². The first-order valence-electron chi connectivity index (χ1n) is 5.32. The maximum atomic E-state index is 8.93. The fourth-order valence-electron chi connectivity index (χ4n) is 1.81. The van der Waals surface area contributed by atoms with Gasteiger partial charge in [0.2, 0.25) is 0 Å². The van der Waals surface area contributed by atoms with Crippen molar-refractivity contribution in [3.63, 3.8) is 0 Å². The van der Waals surface area contributed by atoms with Gasteiger partial charge in [-0.2, -0.15) is 0 Å². The summed E-state index contributed by atoms with van der Waals surface area (Å²) in [7, 11) is 0. The quantitative estimate of drug-likeness (QED) is 0.803. The van der Waals surface area contributed by atoms with E-state index in [0.717, 1.165) is 29.0 Å². The molecule has 2 rings (SSSR count). The Morgan fingerprint density at radius 3 is 2.87 bits per heavy atom. The normalized spacial score (nSPS) is 14.8. The molecular formula is C12H16O3. The highest BCUT2D eigenvalue weighted by atomic mass is 16.5. The van der Waals surface area contributed by atoms with Crippen LogP contribution in [0.15, 0.2) is 12.1 Å². The monoisotopic (exact) mass is 208 g/mol. The molecule has 1 aromatic carbocycles. The second-order valence-corrected chi connectivity index (χ2v) is 3.70. The first-order chi connectivity index (χ1) is 7.33. The summed E-state index contributed by atoms with van der Waals surface area (Å²) in [6, 6.07) is 3.93. The molecule has 82 valence electrons. The number of aliphatic hydroxyl groups excluding tert-OH is 1. The molecule has 3 nitrogen and oxygen atoms in total. The van der Waals surface area contributed by atoms with Crippen molar-refractivity contribution in [2.45, 2.75) is 19.8 Å². The minimum atomic E-state index is 0.167. The fourth-order valence-corrected chi connectivity index (χ4v) is 1.81. The summed E-state index contributed by atoms with van der Waals surface area (Å²) in [6.07, 6.45) is 1.59. The Bertz CT molecular complexity index is 347. The third kappa shape index (κ3) is 2.07. The third-order valence-corrected chi connectivity index (χ3v) is 2.66. The van der Waals surface area contributed by atoms with E-state index < -0.39 is 0 Å². The SMILES string of the molecule is Cc1c(CCO)ccc2c1OCCCO2. The van der Waals surface area contributed by atoms with Crippen molar-refractivity contribution in [2.24, 2.45) is 0 Å².